The number of aromatic hydroxyl groups is 4. The highest BCUT2D eigenvalue weighted by Crippen LogP contribution is 2.50. The second-order valence-electron chi connectivity index (χ2n) is 35.1. The van der Waals surface area contributed by atoms with Gasteiger partial charge in [-0.1, -0.05) is 168 Å². The van der Waals surface area contributed by atoms with Crippen LogP contribution in [0.25, 0.3) is 112 Å². The smallest absolute Gasteiger partial charge is 0.354 e. The zero-order valence-corrected chi connectivity index (χ0v) is 84.7. The molecule has 0 unspecified atom stereocenters. The summed E-state index contributed by atoms with van der Waals surface area (Å²) in [6, 6.07) is 86.5. The molecule has 0 bridgehead atoms. The summed E-state index contributed by atoms with van der Waals surface area (Å²) in [5.41, 5.74) is 10.8. The van der Waals surface area contributed by atoms with Crippen LogP contribution in [0.1, 0.15) is 44.5 Å². The third-order valence-corrected chi connectivity index (χ3v) is 31.0. The molecule has 4 N–H and O–H groups in total. The lowest BCUT2D eigenvalue weighted by Crippen LogP contribution is -2.25. The van der Waals surface area contributed by atoms with Gasteiger partial charge in [0.1, 0.15) is 81.4 Å². The van der Waals surface area contributed by atoms with E-state index >= 15 is 0 Å². The third kappa shape index (κ3) is 18.4. The molecule has 0 saturated heterocycles. The van der Waals surface area contributed by atoms with E-state index in [0.29, 0.717) is 172 Å². The Morgan fingerprint density at radius 2 is 0.527 bits per heavy atom. The molecule has 150 heavy (non-hydrogen) atoms. The maximum absolute atomic E-state index is 14.2. The minimum Gasteiger partial charge on any atom is -0.505 e. The van der Waals surface area contributed by atoms with E-state index < -0.39 is 67.8 Å². The Balaban J connectivity index is 0.000000117. The fourth-order valence-corrected chi connectivity index (χ4v) is 23.4. The number of para-hydroxylation sites is 4. The quantitative estimate of drug-likeness (QED) is 0.0620. The molecule has 20 aromatic rings. The number of benzene rings is 12. The maximum Gasteiger partial charge on any atom is 0.354 e. The molecule has 0 atom stereocenters. The molecule has 0 amide bonds. The number of methoxy groups -OCH3 is 6. The van der Waals surface area contributed by atoms with Gasteiger partial charge in [-0.05, 0) is 256 Å². The average Bonchev–Trinajstić information content (AvgIpc) is 0.732. The lowest BCUT2D eigenvalue weighted by Gasteiger charge is -2.25. The van der Waals surface area contributed by atoms with E-state index in [9.17, 15) is 63.2 Å². The number of rotatable bonds is 18. The first-order chi connectivity index (χ1) is 72.9. The predicted octanol–water partition coefficient (Wildman–Crippen LogP) is 23.1. The molecule has 4 aliphatic rings. The van der Waals surface area contributed by atoms with Crippen LogP contribution in [0.5, 0.6) is 57.5 Å². The Kier molecular flexibility index (Phi) is 27.5. The van der Waals surface area contributed by atoms with E-state index in [0.717, 1.165) is 97.3 Å². The molecule has 32 heteroatoms. The number of nitrogens with zero attached hydrogens (tertiary/aromatic N) is 4. The van der Waals surface area contributed by atoms with E-state index in [-0.39, 0.29) is 69.2 Å². The fourth-order valence-electron chi connectivity index (χ4n) is 19.6. The van der Waals surface area contributed by atoms with Crippen molar-refractivity contribution in [2.75, 3.05) is 42.7 Å². The van der Waals surface area contributed by atoms with E-state index in [1.807, 2.05) is 194 Å². The second-order valence-corrected chi connectivity index (χ2v) is 39.8. The summed E-state index contributed by atoms with van der Waals surface area (Å²) in [5.74, 6) is 1.82. The lowest BCUT2D eigenvalue weighted by atomic mass is 9.87. The maximum atomic E-state index is 14.2. The van der Waals surface area contributed by atoms with Gasteiger partial charge in [-0.15, -0.1) is 0 Å². The van der Waals surface area contributed by atoms with E-state index in [1.54, 1.807) is 140 Å². The molecule has 0 fully saturated rings. The van der Waals surface area contributed by atoms with Crippen molar-refractivity contribution >= 4 is 103 Å². The van der Waals surface area contributed by atoms with Crippen LogP contribution in [-0.4, -0.2) is 81.4 Å². The Morgan fingerprint density at radius 3 is 0.827 bits per heavy atom. The first-order valence-corrected chi connectivity index (χ1v) is 50.9. The second kappa shape index (κ2) is 41.7. The highest BCUT2D eigenvalue weighted by molar-refractivity contribution is 8.00. The van der Waals surface area contributed by atoms with Gasteiger partial charge in [0.25, 0.3) is 22.2 Å². The van der Waals surface area contributed by atoms with Crippen LogP contribution >= 0.6 is 58.6 Å². The minimum absolute atomic E-state index is 0.0189. The van der Waals surface area contributed by atoms with E-state index in [2.05, 4.69) is 0 Å². The molecular formula is C118H86ClFN4O22S4. The lowest BCUT2D eigenvalue weighted by molar-refractivity contribution is 0.413. The fraction of sp³-hybridized carbons (Fsp3) is 0.119. The van der Waals surface area contributed by atoms with Crippen molar-refractivity contribution in [3.05, 3.63) is 430 Å². The number of hydrogen-bond acceptors (Lipinski definition) is 26. The van der Waals surface area contributed by atoms with Crippen molar-refractivity contribution in [3.8, 4) is 125 Å². The monoisotopic (exact) mass is 2090 g/mol. The average molecular weight is 2090 g/mol. The van der Waals surface area contributed by atoms with Crippen molar-refractivity contribution in [2.45, 2.75) is 90.5 Å². The standard InChI is InChI=1S/2C30H23NO6S.C29H20ClNO5S.C29H20FNO5S/c1-35-19-9-6-10-21(16-19)38-28-26(32)24-27(37-30(28)34)23-13-11-17-15-20(36-2)12-14-22(17)25(23)31(29(24)33)18-7-4-3-5-8-18;1-35-19-9-6-10-21(15-19)38-28-26(32)24-27(37-30(28)34)22-14-12-17-11-13-20(36-2)16-23(17)25(22)31(29(24)33)18-7-4-3-5-8-18;1-35-19-12-10-16-11-13-21-24(22(16)15-19)31(18-7-3-2-4-8-18)28(33)23-25(32)27(29(34)36-26(21)23)37-20-9-5-6-17(30)14-20;1-35-19-11-13-21-16(14-19)10-12-22-24(21)31(18-7-3-2-4-8-18)28(33)23-25(32)27(29(34)36-26(22)23)37-20-9-5-6-17(30)15-20/h3-10,12,14-16,32H,11,13H2,1-2H3;3-11,13,15-16,32H,12,14H2,1-2H3;2-10,12,14-15,32H,11,13H2,1H3;2-9,11,13-15,32H,10,12H2,1H3. The molecular weight excluding hydrogens is 2010 g/mol. The van der Waals surface area contributed by atoms with Crippen molar-refractivity contribution in [3.63, 3.8) is 0 Å². The largest absolute Gasteiger partial charge is 0.505 e. The third-order valence-electron chi connectivity index (χ3n) is 26.5. The zero-order chi connectivity index (χ0) is 104. The van der Waals surface area contributed by atoms with Gasteiger partial charge >= 0.3 is 22.5 Å². The first kappa shape index (κ1) is 98.9. The van der Waals surface area contributed by atoms with Crippen molar-refractivity contribution in [1.82, 2.24) is 18.3 Å². The molecule has 0 saturated carbocycles. The molecule has 0 aliphatic heterocycles. The van der Waals surface area contributed by atoms with Crippen molar-refractivity contribution < 1.29 is 70.9 Å². The van der Waals surface area contributed by atoms with E-state index in [1.165, 1.54) is 18.2 Å². The van der Waals surface area contributed by atoms with Gasteiger partial charge in [0.15, 0.2) is 45.3 Å². The number of halogens is 2. The van der Waals surface area contributed by atoms with Crippen LogP contribution in [0, 0.1) is 5.82 Å². The molecule has 26 nitrogen and oxygen atoms in total. The number of aryl methyl sites for hydroxylation is 8. The van der Waals surface area contributed by atoms with Crippen molar-refractivity contribution in [2.24, 2.45) is 0 Å². The summed E-state index contributed by atoms with van der Waals surface area (Å²) in [4.78, 5) is 111. The van der Waals surface area contributed by atoms with Gasteiger partial charge < -0.3 is 66.5 Å². The number of ether oxygens (including phenoxy) is 6. The predicted molar refractivity (Wildman–Crippen MR) is 577 cm³/mol. The molecule has 0 radical (unpaired) electrons. The van der Waals surface area contributed by atoms with Crippen LogP contribution in [0.4, 0.5) is 4.39 Å². The van der Waals surface area contributed by atoms with Crippen molar-refractivity contribution in [1.29, 1.82) is 0 Å². The number of aromatic nitrogens is 4. The van der Waals surface area contributed by atoms with Crippen LogP contribution in [0.15, 0.2) is 386 Å². The number of fused-ring (bicyclic) bond motifs is 20. The van der Waals surface area contributed by atoms with Gasteiger partial charge in [0, 0.05) is 91.9 Å². The Hall–Kier alpha value is -17.1. The van der Waals surface area contributed by atoms with Gasteiger partial charge in [0.05, 0.1) is 65.4 Å². The summed E-state index contributed by atoms with van der Waals surface area (Å²) in [6.45, 7) is 0. The summed E-state index contributed by atoms with van der Waals surface area (Å²) in [7, 11) is 9.50. The Labute approximate surface area is 873 Å². The van der Waals surface area contributed by atoms with Gasteiger partial charge in [0.2, 0.25) is 0 Å². The zero-order valence-electron chi connectivity index (χ0n) is 80.7. The van der Waals surface area contributed by atoms with Gasteiger partial charge in [-0.25, -0.2) is 23.6 Å². The first-order valence-electron chi connectivity index (χ1n) is 47.2. The van der Waals surface area contributed by atoms with Gasteiger partial charge in [-0.2, -0.15) is 0 Å². The van der Waals surface area contributed by atoms with Crippen LogP contribution in [0.3, 0.4) is 0 Å². The normalized spacial score (nSPS) is 12.2. The van der Waals surface area contributed by atoms with Crippen LogP contribution in [0.2, 0.25) is 5.02 Å². The van der Waals surface area contributed by atoms with Crippen LogP contribution in [-0.2, 0) is 51.4 Å². The topological polar surface area (TPSA) is 345 Å². The molecule has 748 valence electrons. The minimum atomic E-state index is -0.793. The highest BCUT2D eigenvalue weighted by atomic mass is 35.5. The van der Waals surface area contributed by atoms with Crippen LogP contribution < -0.4 is 73.2 Å². The van der Waals surface area contributed by atoms with E-state index in [4.69, 9.17) is 57.7 Å². The molecule has 24 rings (SSSR count). The molecule has 8 heterocycles. The summed E-state index contributed by atoms with van der Waals surface area (Å²) < 4.78 is 75.6. The SMILES string of the molecule is COc1ccc2c(c1)-c1c(c3oc(=O)c(Sc4cccc(Cl)c4)c(O)c3c(=O)n1-c1ccccc1)CC2.COc1ccc2c(c1)CCc1c-2n(-c2ccccc2)c(=O)c2c(O)c(Sc3cccc(F)c3)c(=O)oc12.COc1cccc(Sc2c(O)c3c(=O)n(-c4ccccc4)c4c(c3oc2=O)CCc2cc(OC)ccc2-4)c1.COc1cccc(Sc2c(O)c3c(=O)n(-c4ccccc4)c4c(c3oc2=O)CCc2ccc(OC)cc2-4)c1. The molecule has 0 spiro atoms. The Bertz CT molecular complexity index is 9420. The molecule has 8 aromatic heterocycles. The molecule has 12 aromatic carbocycles. The summed E-state index contributed by atoms with van der Waals surface area (Å²) in [6.07, 6.45) is 4.71. The Morgan fingerprint density at radius 1 is 0.267 bits per heavy atom. The van der Waals surface area contributed by atoms with Gasteiger partial charge in [-0.3, -0.25) is 37.4 Å². The number of hydrogen-bond donors (Lipinski definition) is 4. The summed E-state index contributed by atoms with van der Waals surface area (Å²) in [5, 5.41) is 45.7. The summed E-state index contributed by atoms with van der Waals surface area (Å²) >= 11 is 10.0. The molecule has 4 aliphatic carbocycles. The highest BCUT2D eigenvalue weighted by Gasteiger charge is 2.37. The number of pyridine rings is 4.